The molecular weight excluding hydrogens is 292 g/mol. The summed E-state index contributed by atoms with van der Waals surface area (Å²) in [6.45, 7) is 6.41. The summed E-state index contributed by atoms with van der Waals surface area (Å²) in [7, 11) is 0. The topological polar surface area (TPSA) is 63.6 Å². The molecule has 1 aromatic rings. The van der Waals surface area contributed by atoms with Crippen molar-refractivity contribution in [3.05, 3.63) is 28.3 Å². The third-order valence-corrected chi connectivity index (χ3v) is 3.34. The number of aliphatic carboxylic acids is 1. The third kappa shape index (κ3) is 5.76. The fraction of sp³-hybridized carbons (Fsp3) is 0.500. The lowest BCUT2D eigenvalue weighted by molar-refractivity contribution is -0.137. The van der Waals surface area contributed by atoms with E-state index >= 15 is 0 Å². The van der Waals surface area contributed by atoms with Crippen LogP contribution in [-0.4, -0.2) is 23.5 Å². The first-order valence-corrected chi connectivity index (χ1v) is 7.37. The van der Waals surface area contributed by atoms with Crippen molar-refractivity contribution < 1.29 is 19.4 Å². The summed E-state index contributed by atoms with van der Waals surface area (Å²) in [5.74, 6) is -0.181. The highest BCUT2D eigenvalue weighted by Gasteiger charge is 2.16. The Morgan fingerprint density at radius 2 is 1.95 bits per heavy atom. The number of benzene rings is 1. The molecule has 1 rings (SSSR count). The molecule has 0 aliphatic rings. The summed E-state index contributed by atoms with van der Waals surface area (Å²) in [6.07, 6.45) is 0.459. The number of Topliss-reactive ketones (excluding diaryl/α,β-unsaturated/α-hetero) is 1. The number of carbonyl (C=O) groups excluding carboxylic acids is 1. The van der Waals surface area contributed by atoms with Crippen molar-refractivity contribution in [3.8, 4) is 5.75 Å². The van der Waals surface area contributed by atoms with Crippen molar-refractivity contribution in [3.63, 3.8) is 0 Å². The smallest absolute Gasteiger partial charge is 0.303 e. The molecule has 0 amide bonds. The quantitative estimate of drug-likeness (QED) is 0.733. The van der Waals surface area contributed by atoms with Crippen molar-refractivity contribution in [1.29, 1.82) is 0 Å². The molecule has 0 spiro atoms. The van der Waals surface area contributed by atoms with E-state index in [1.165, 1.54) is 0 Å². The first-order chi connectivity index (χ1) is 9.81. The van der Waals surface area contributed by atoms with Gasteiger partial charge in [-0.25, -0.2) is 0 Å². The summed E-state index contributed by atoms with van der Waals surface area (Å²) in [5.41, 5.74) is 1.27. The Morgan fingerprint density at radius 3 is 2.52 bits per heavy atom. The standard InChI is InChI=1S/C16H21ClO4/c1-10(2)9-21-15-7-11(3)13(17)8-12(15)14(18)5-4-6-16(19)20/h7-8,10H,4-6,9H2,1-3H3,(H,19,20). The number of halogens is 1. The highest BCUT2D eigenvalue weighted by Crippen LogP contribution is 2.28. The average Bonchev–Trinajstić information content (AvgIpc) is 2.38. The molecule has 0 fully saturated rings. The highest BCUT2D eigenvalue weighted by molar-refractivity contribution is 6.31. The van der Waals surface area contributed by atoms with Crippen LogP contribution in [0.1, 0.15) is 49.0 Å². The molecule has 1 N–H and O–H groups in total. The number of hydrogen-bond acceptors (Lipinski definition) is 3. The molecular formula is C16H21ClO4. The zero-order valence-corrected chi connectivity index (χ0v) is 13.4. The van der Waals surface area contributed by atoms with Gasteiger partial charge in [0.15, 0.2) is 5.78 Å². The SMILES string of the molecule is Cc1cc(OCC(C)C)c(C(=O)CCCC(=O)O)cc1Cl. The van der Waals surface area contributed by atoms with Crippen LogP contribution in [0.2, 0.25) is 5.02 Å². The number of carboxylic acids is 1. The molecule has 0 aliphatic heterocycles. The van der Waals surface area contributed by atoms with Crippen LogP contribution in [0.4, 0.5) is 0 Å². The number of ether oxygens (including phenoxy) is 1. The number of carbonyl (C=O) groups is 2. The van der Waals surface area contributed by atoms with Crippen molar-refractivity contribution in [2.75, 3.05) is 6.61 Å². The molecule has 5 heteroatoms. The van der Waals surface area contributed by atoms with Gasteiger partial charge in [0.1, 0.15) is 5.75 Å². The molecule has 0 saturated heterocycles. The molecule has 0 radical (unpaired) electrons. The zero-order chi connectivity index (χ0) is 16.0. The maximum atomic E-state index is 12.2. The Balaban J connectivity index is 2.89. The Kier molecular flexibility index (Phi) is 6.69. The second-order valence-corrected chi connectivity index (χ2v) is 5.88. The first-order valence-electron chi connectivity index (χ1n) is 6.99. The largest absolute Gasteiger partial charge is 0.493 e. The van der Waals surface area contributed by atoms with Crippen molar-refractivity contribution in [1.82, 2.24) is 0 Å². The Bertz CT molecular complexity index is 523. The molecule has 0 aliphatic carbocycles. The van der Waals surface area contributed by atoms with Crippen LogP contribution in [0, 0.1) is 12.8 Å². The van der Waals surface area contributed by atoms with Gasteiger partial charge < -0.3 is 9.84 Å². The van der Waals surface area contributed by atoms with Crippen molar-refractivity contribution in [2.24, 2.45) is 5.92 Å². The van der Waals surface area contributed by atoms with E-state index in [0.29, 0.717) is 35.3 Å². The van der Waals surface area contributed by atoms with Crippen molar-refractivity contribution >= 4 is 23.4 Å². The Labute approximate surface area is 130 Å². The lowest BCUT2D eigenvalue weighted by Gasteiger charge is -2.14. The third-order valence-electron chi connectivity index (χ3n) is 2.93. The number of aryl methyl sites for hydroxylation is 1. The first kappa shape index (κ1) is 17.5. The molecule has 0 heterocycles. The molecule has 0 atom stereocenters. The van der Waals surface area contributed by atoms with Gasteiger partial charge in [-0.3, -0.25) is 9.59 Å². The zero-order valence-electron chi connectivity index (χ0n) is 12.6. The second-order valence-electron chi connectivity index (χ2n) is 5.47. The maximum absolute atomic E-state index is 12.2. The average molecular weight is 313 g/mol. The minimum atomic E-state index is -0.902. The van der Waals surface area contributed by atoms with E-state index in [-0.39, 0.29) is 18.6 Å². The maximum Gasteiger partial charge on any atom is 0.303 e. The fourth-order valence-electron chi connectivity index (χ4n) is 1.78. The minimum absolute atomic E-state index is 0.0203. The highest BCUT2D eigenvalue weighted by atomic mass is 35.5. The molecule has 0 unspecified atom stereocenters. The van der Waals surface area contributed by atoms with E-state index in [4.69, 9.17) is 21.4 Å². The van der Waals surface area contributed by atoms with E-state index in [1.807, 2.05) is 20.8 Å². The lowest BCUT2D eigenvalue weighted by Crippen LogP contribution is -2.10. The summed E-state index contributed by atoms with van der Waals surface area (Å²) in [6, 6.07) is 3.37. The monoisotopic (exact) mass is 312 g/mol. The van der Waals surface area contributed by atoms with Crippen LogP contribution in [0.15, 0.2) is 12.1 Å². The van der Waals surface area contributed by atoms with E-state index in [2.05, 4.69) is 0 Å². The molecule has 21 heavy (non-hydrogen) atoms. The van der Waals surface area contributed by atoms with Gasteiger partial charge in [0.25, 0.3) is 0 Å². The second kappa shape index (κ2) is 8.03. The number of hydrogen-bond donors (Lipinski definition) is 1. The van der Waals surface area contributed by atoms with Crippen LogP contribution >= 0.6 is 11.6 Å². The Hall–Kier alpha value is -1.55. The minimum Gasteiger partial charge on any atom is -0.493 e. The summed E-state index contributed by atoms with van der Waals surface area (Å²) >= 11 is 6.08. The van der Waals surface area contributed by atoms with Gasteiger partial charge in [-0.2, -0.15) is 0 Å². The lowest BCUT2D eigenvalue weighted by atomic mass is 10.0. The molecule has 0 saturated carbocycles. The predicted molar refractivity (Wildman–Crippen MR) is 82.3 cm³/mol. The van der Waals surface area contributed by atoms with Crippen LogP contribution in [0.3, 0.4) is 0 Å². The molecule has 0 bridgehead atoms. The van der Waals surface area contributed by atoms with Crippen LogP contribution < -0.4 is 4.74 Å². The Morgan fingerprint density at radius 1 is 1.29 bits per heavy atom. The summed E-state index contributed by atoms with van der Waals surface area (Å²) in [5, 5.41) is 9.13. The molecule has 1 aromatic carbocycles. The van der Waals surface area contributed by atoms with Crippen molar-refractivity contribution in [2.45, 2.75) is 40.0 Å². The van der Waals surface area contributed by atoms with Crippen LogP contribution in [0.25, 0.3) is 0 Å². The van der Waals surface area contributed by atoms with E-state index in [1.54, 1.807) is 12.1 Å². The summed E-state index contributed by atoms with van der Waals surface area (Å²) in [4.78, 5) is 22.7. The molecule has 116 valence electrons. The van der Waals surface area contributed by atoms with E-state index in [9.17, 15) is 9.59 Å². The number of carboxylic acid groups (broad SMARTS) is 1. The van der Waals surface area contributed by atoms with Crippen LogP contribution in [-0.2, 0) is 4.79 Å². The van der Waals surface area contributed by atoms with Gasteiger partial charge in [-0.1, -0.05) is 25.4 Å². The molecule has 4 nitrogen and oxygen atoms in total. The van der Waals surface area contributed by atoms with Gasteiger partial charge in [0.05, 0.1) is 12.2 Å². The van der Waals surface area contributed by atoms with Gasteiger partial charge >= 0.3 is 5.97 Å². The van der Waals surface area contributed by atoms with E-state index in [0.717, 1.165) is 5.56 Å². The van der Waals surface area contributed by atoms with Gasteiger partial charge in [-0.05, 0) is 37.0 Å². The van der Waals surface area contributed by atoms with Gasteiger partial charge in [-0.15, -0.1) is 0 Å². The van der Waals surface area contributed by atoms with Crippen LogP contribution in [0.5, 0.6) is 5.75 Å². The summed E-state index contributed by atoms with van der Waals surface area (Å²) < 4.78 is 5.69. The van der Waals surface area contributed by atoms with E-state index < -0.39 is 5.97 Å². The predicted octanol–water partition coefficient (Wildman–Crippen LogP) is 4.12. The normalized spacial score (nSPS) is 10.7. The molecule has 0 aromatic heterocycles. The number of ketones is 1. The fourth-order valence-corrected chi connectivity index (χ4v) is 1.95. The van der Waals surface area contributed by atoms with Gasteiger partial charge in [0, 0.05) is 17.9 Å². The number of rotatable bonds is 8. The van der Waals surface area contributed by atoms with Gasteiger partial charge in [0.2, 0.25) is 0 Å².